The second kappa shape index (κ2) is 5.78. The quantitative estimate of drug-likeness (QED) is 0.743. The molecular weight excluding hydrogens is 172 g/mol. The maximum Gasteiger partial charge on any atom is 0.0120 e. The second-order valence-electron chi connectivity index (χ2n) is 3.76. The molecule has 1 aromatic carbocycles. The third-order valence-corrected chi connectivity index (χ3v) is 2.75. The zero-order valence-corrected chi connectivity index (χ0v) is 8.82. The highest BCUT2D eigenvalue weighted by Gasteiger charge is 2.14. The van der Waals surface area contributed by atoms with E-state index < -0.39 is 0 Å². The van der Waals surface area contributed by atoms with Gasteiger partial charge in [-0.15, -0.1) is 0 Å². The fourth-order valence-corrected chi connectivity index (χ4v) is 1.70. The Bertz CT molecular complexity index is 242. The molecule has 0 radical (unpaired) electrons. The molecule has 2 nitrogen and oxygen atoms in total. The minimum Gasteiger partial charge on any atom is -0.330 e. The number of hydrogen-bond acceptors (Lipinski definition) is 2. The molecule has 0 amide bonds. The molecule has 0 heterocycles. The van der Waals surface area contributed by atoms with E-state index >= 15 is 0 Å². The van der Waals surface area contributed by atoms with Crippen molar-refractivity contribution in [3.05, 3.63) is 35.9 Å². The number of nitrogens with two attached hydrogens (primary N) is 2. The standard InChI is InChI=1S/C12H20N2/c1-2-11(9-13)12(14)8-10-6-4-3-5-7-10/h3-7,11-12H,2,8-9,13-14H2,1H3. The van der Waals surface area contributed by atoms with Crippen LogP contribution < -0.4 is 11.5 Å². The van der Waals surface area contributed by atoms with Crippen LogP contribution in [0.1, 0.15) is 18.9 Å². The highest BCUT2D eigenvalue weighted by atomic mass is 14.7. The Morgan fingerprint density at radius 2 is 1.86 bits per heavy atom. The van der Waals surface area contributed by atoms with E-state index in [1.807, 2.05) is 18.2 Å². The zero-order chi connectivity index (χ0) is 10.4. The van der Waals surface area contributed by atoms with E-state index in [0.29, 0.717) is 12.5 Å². The van der Waals surface area contributed by atoms with Gasteiger partial charge in [0.25, 0.3) is 0 Å². The van der Waals surface area contributed by atoms with Crippen LogP contribution in [0.25, 0.3) is 0 Å². The van der Waals surface area contributed by atoms with Crippen LogP contribution in [-0.4, -0.2) is 12.6 Å². The summed E-state index contributed by atoms with van der Waals surface area (Å²) in [5.74, 6) is 0.440. The summed E-state index contributed by atoms with van der Waals surface area (Å²) >= 11 is 0. The van der Waals surface area contributed by atoms with E-state index in [9.17, 15) is 0 Å². The molecule has 1 aromatic rings. The summed E-state index contributed by atoms with van der Waals surface area (Å²) in [4.78, 5) is 0. The Hall–Kier alpha value is -0.860. The van der Waals surface area contributed by atoms with Crippen LogP contribution in [0.5, 0.6) is 0 Å². The molecule has 0 aliphatic carbocycles. The van der Waals surface area contributed by atoms with Crippen molar-refractivity contribution in [2.24, 2.45) is 17.4 Å². The van der Waals surface area contributed by atoms with Crippen molar-refractivity contribution in [1.29, 1.82) is 0 Å². The zero-order valence-electron chi connectivity index (χ0n) is 8.82. The van der Waals surface area contributed by atoms with Crippen molar-refractivity contribution in [2.45, 2.75) is 25.8 Å². The lowest BCUT2D eigenvalue weighted by atomic mass is 9.92. The molecule has 0 spiro atoms. The number of hydrogen-bond donors (Lipinski definition) is 2. The van der Waals surface area contributed by atoms with E-state index in [4.69, 9.17) is 11.5 Å². The molecule has 0 aliphatic rings. The van der Waals surface area contributed by atoms with E-state index in [1.54, 1.807) is 0 Å². The molecule has 4 N–H and O–H groups in total. The van der Waals surface area contributed by atoms with Crippen LogP contribution in [0.15, 0.2) is 30.3 Å². The van der Waals surface area contributed by atoms with Gasteiger partial charge in [-0.05, 0) is 24.4 Å². The highest BCUT2D eigenvalue weighted by Crippen LogP contribution is 2.10. The Morgan fingerprint density at radius 1 is 1.21 bits per heavy atom. The molecule has 0 saturated carbocycles. The van der Waals surface area contributed by atoms with Gasteiger partial charge < -0.3 is 11.5 Å². The van der Waals surface area contributed by atoms with Crippen LogP contribution in [-0.2, 0) is 6.42 Å². The molecule has 78 valence electrons. The number of rotatable bonds is 5. The molecule has 2 atom stereocenters. The maximum absolute atomic E-state index is 6.09. The van der Waals surface area contributed by atoms with Gasteiger partial charge in [-0.3, -0.25) is 0 Å². The molecule has 0 aromatic heterocycles. The van der Waals surface area contributed by atoms with Gasteiger partial charge >= 0.3 is 0 Å². The first-order chi connectivity index (χ1) is 6.77. The van der Waals surface area contributed by atoms with Crippen molar-refractivity contribution >= 4 is 0 Å². The first-order valence-corrected chi connectivity index (χ1v) is 5.27. The van der Waals surface area contributed by atoms with Gasteiger partial charge in [0.15, 0.2) is 0 Å². The van der Waals surface area contributed by atoms with Crippen LogP contribution in [0.4, 0.5) is 0 Å². The first kappa shape index (κ1) is 11.2. The van der Waals surface area contributed by atoms with E-state index in [-0.39, 0.29) is 6.04 Å². The van der Waals surface area contributed by atoms with Crippen LogP contribution in [0.3, 0.4) is 0 Å². The Morgan fingerprint density at radius 3 is 2.36 bits per heavy atom. The summed E-state index contributed by atoms with van der Waals surface area (Å²) in [6, 6.07) is 10.5. The topological polar surface area (TPSA) is 52.0 Å². The monoisotopic (exact) mass is 192 g/mol. The molecule has 0 bridgehead atoms. The Labute approximate surface area is 86.3 Å². The smallest absolute Gasteiger partial charge is 0.0120 e. The fraction of sp³-hybridized carbons (Fsp3) is 0.500. The predicted molar refractivity (Wildman–Crippen MR) is 61.0 cm³/mol. The van der Waals surface area contributed by atoms with Gasteiger partial charge in [-0.2, -0.15) is 0 Å². The third-order valence-electron chi connectivity index (χ3n) is 2.75. The molecule has 2 heteroatoms. The molecular formula is C12H20N2. The average molecular weight is 192 g/mol. The summed E-state index contributed by atoms with van der Waals surface area (Å²) in [7, 11) is 0. The van der Waals surface area contributed by atoms with Gasteiger partial charge in [0, 0.05) is 6.04 Å². The van der Waals surface area contributed by atoms with Gasteiger partial charge in [0.2, 0.25) is 0 Å². The van der Waals surface area contributed by atoms with Gasteiger partial charge in [0.1, 0.15) is 0 Å². The van der Waals surface area contributed by atoms with Gasteiger partial charge in [0.05, 0.1) is 0 Å². The second-order valence-corrected chi connectivity index (χ2v) is 3.76. The van der Waals surface area contributed by atoms with E-state index in [1.165, 1.54) is 5.56 Å². The fourth-order valence-electron chi connectivity index (χ4n) is 1.70. The van der Waals surface area contributed by atoms with Crippen molar-refractivity contribution < 1.29 is 0 Å². The SMILES string of the molecule is CCC(CN)C(N)Cc1ccccc1. The van der Waals surface area contributed by atoms with Gasteiger partial charge in [-0.1, -0.05) is 43.7 Å². The Kier molecular flexibility index (Phi) is 4.63. The van der Waals surface area contributed by atoms with E-state index in [0.717, 1.165) is 12.8 Å². The minimum atomic E-state index is 0.187. The molecule has 0 fully saturated rings. The molecule has 2 unspecified atom stereocenters. The third kappa shape index (κ3) is 3.13. The predicted octanol–water partition coefficient (Wildman–Crippen LogP) is 1.54. The van der Waals surface area contributed by atoms with Crippen molar-refractivity contribution in [3.63, 3.8) is 0 Å². The maximum atomic E-state index is 6.09. The van der Waals surface area contributed by atoms with Crippen LogP contribution in [0, 0.1) is 5.92 Å². The van der Waals surface area contributed by atoms with Crippen LogP contribution in [0.2, 0.25) is 0 Å². The molecule has 14 heavy (non-hydrogen) atoms. The summed E-state index contributed by atoms with van der Waals surface area (Å²) in [6.07, 6.45) is 1.99. The highest BCUT2D eigenvalue weighted by molar-refractivity contribution is 5.15. The minimum absolute atomic E-state index is 0.187. The van der Waals surface area contributed by atoms with Crippen molar-refractivity contribution in [2.75, 3.05) is 6.54 Å². The van der Waals surface area contributed by atoms with Crippen molar-refractivity contribution in [3.8, 4) is 0 Å². The largest absolute Gasteiger partial charge is 0.330 e. The van der Waals surface area contributed by atoms with Gasteiger partial charge in [-0.25, -0.2) is 0 Å². The molecule has 0 saturated heterocycles. The first-order valence-electron chi connectivity index (χ1n) is 5.27. The molecule has 1 rings (SSSR count). The lowest BCUT2D eigenvalue weighted by Crippen LogP contribution is -2.36. The lowest BCUT2D eigenvalue weighted by molar-refractivity contribution is 0.414. The average Bonchev–Trinajstić information content (AvgIpc) is 2.21. The van der Waals surface area contributed by atoms with E-state index in [2.05, 4.69) is 19.1 Å². The Balaban J connectivity index is 2.52. The normalized spacial score (nSPS) is 15.1. The summed E-state index contributed by atoms with van der Waals surface area (Å²) < 4.78 is 0. The molecule has 0 aliphatic heterocycles. The summed E-state index contributed by atoms with van der Waals surface area (Å²) in [5.41, 5.74) is 13.0. The summed E-state index contributed by atoms with van der Waals surface area (Å²) in [6.45, 7) is 2.83. The lowest BCUT2D eigenvalue weighted by Gasteiger charge is -2.20. The van der Waals surface area contributed by atoms with Crippen molar-refractivity contribution in [1.82, 2.24) is 0 Å². The van der Waals surface area contributed by atoms with Crippen LogP contribution >= 0.6 is 0 Å². The summed E-state index contributed by atoms with van der Waals surface area (Å²) in [5, 5.41) is 0. The number of benzene rings is 1.